The molecule has 1 aliphatic rings. The smallest absolute Gasteiger partial charge is 0.330 e. The molecule has 3 rings (SSSR count). The zero-order valence-corrected chi connectivity index (χ0v) is 16.2. The number of aliphatic carboxylic acids is 1. The second kappa shape index (κ2) is 7.89. The number of rotatable bonds is 7. The van der Waals surface area contributed by atoms with Gasteiger partial charge >= 0.3 is 11.9 Å². The molecule has 0 bridgehead atoms. The third kappa shape index (κ3) is 4.42. The highest BCUT2D eigenvalue weighted by Crippen LogP contribution is 2.59. The van der Waals surface area contributed by atoms with Gasteiger partial charge in [0.25, 0.3) is 0 Å². The van der Waals surface area contributed by atoms with Crippen LogP contribution in [-0.4, -0.2) is 17.0 Å². The molecule has 0 aliphatic heterocycles. The average molecular weight is 380 g/mol. The Morgan fingerprint density at radius 2 is 1.75 bits per heavy atom. The van der Waals surface area contributed by atoms with Crippen molar-refractivity contribution in [3.63, 3.8) is 0 Å². The third-order valence-electron chi connectivity index (χ3n) is 5.19. The number of esters is 1. The lowest BCUT2D eigenvalue weighted by atomic mass is 10.1. The van der Waals surface area contributed by atoms with E-state index in [0.717, 1.165) is 11.3 Å². The first-order valence-corrected chi connectivity index (χ1v) is 9.19. The van der Waals surface area contributed by atoms with Crippen LogP contribution in [0.4, 0.5) is 0 Å². The van der Waals surface area contributed by atoms with Crippen LogP contribution in [0.25, 0.3) is 0 Å². The number of carbonyl (C=O) groups excluding carboxylic acids is 1. The molecule has 2 atom stereocenters. The van der Waals surface area contributed by atoms with Gasteiger partial charge in [0.05, 0.1) is 5.92 Å². The predicted molar refractivity (Wildman–Crippen MR) is 105 cm³/mol. The summed E-state index contributed by atoms with van der Waals surface area (Å²) in [5.74, 6) is -0.317. The zero-order chi connectivity index (χ0) is 20.3. The van der Waals surface area contributed by atoms with E-state index in [2.05, 4.69) is 0 Å². The largest absolute Gasteiger partial charge is 0.478 e. The molecule has 28 heavy (non-hydrogen) atoms. The van der Waals surface area contributed by atoms with Crippen LogP contribution >= 0.6 is 0 Å². The summed E-state index contributed by atoms with van der Waals surface area (Å²) in [4.78, 5) is 23.5. The van der Waals surface area contributed by atoms with Gasteiger partial charge in [-0.25, -0.2) is 4.79 Å². The molecular formula is C23H24O5. The summed E-state index contributed by atoms with van der Waals surface area (Å²) in [6, 6.07) is 16.9. The van der Waals surface area contributed by atoms with Gasteiger partial charge in [0, 0.05) is 5.57 Å². The Morgan fingerprint density at radius 3 is 2.43 bits per heavy atom. The van der Waals surface area contributed by atoms with Gasteiger partial charge in [0.2, 0.25) is 0 Å². The van der Waals surface area contributed by atoms with Crippen molar-refractivity contribution in [2.45, 2.75) is 27.4 Å². The van der Waals surface area contributed by atoms with E-state index in [-0.39, 0.29) is 35.4 Å². The molecule has 1 aliphatic carbocycles. The van der Waals surface area contributed by atoms with E-state index in [0.29, 0.717) is 5.75 Å². The molecule has 0 aromatic heterocycles. The lowest BCUT2D eigenvalue weighted by Gasteiger charge is -2.09. The quantitative estimate of drug-likeness (QED) is 0.550. The summed E-state index contributed by atoms with van der Waals surface area (Å²) in [7, 11) is 0. The maximum Gasteiger partial charge on any atom is 0.330 e. The minimum Gasteiger partial charge on any atom is -0.478 e. The van der Waals surface area contributed by atoms with Crippen LogP contribution in [0.1, 0.15) is 26.3 Å². The lowest BCUT2D eigenvalue weighted by Crippen LogP contribution is -2.10. The van der Waals surface area contributed by atoms with Crippen molar-refractivity contribution < 1.29 is 24.2 Å². The fourth-order valence-corrected chi connectivity index (χ4v) is 3.35. The van der Waals surface area contributed by atoms with Crippen LogP contribution in [0.5, 0.6) is 11.5 Å². The van der Waals surface area contributed by atoms with Gasteiger partial charge in [-0.3, -0.25) is 4.79 Å². The highest BCUT2D eigenvalue weighted by atomic mass is 16.5. The maximum atomic E-state index is 12.5. The highest BCUT2D eigenvalue weighted by molar-refractivity contribution is 5.86. The van der Waals surface area contributed by atoms with E-state index in [9.17, 15) is 9.59 Å². The van der Waals surface area contributed by atoms with Crippen LogP contribution in [0.3, 0.4) is 0 Å². The monoisotopic (exact) mass is 380 g/mol. The van der Waals surface area contributed by atoms with Crippen molar-refractivity contribution in [3.8, 4) is 11.5 Å². The van der Waals surface area contributed by atoms with E-state index >= 15 is 0 Å². The molecule has 2 aromatic rings. The average Bonchev–Trinajstić information content (AvgIpc) is 3.21. The Bertz CT molecular complexity index is 898. The number of ether oxygens (including phenoxy) is 2. The van der Waals surface area contributed by atoms with Crippen LogP contribution in [-0.2, 0) is 20.9 Å². The summed E-state index contributed by atoms with van der Waals surface area (Å²) in [5.41, 5.74) is 0.777. The van der Waals surface area contributed by atoms with Crippen molar-refractivity contribution >= 4 is 11.9 Å². The van der Waals surface area contributed by atoms with Crippen LogP contribution < -0.4 is 4.74 Å². The SMILES string of the molecule is C/C(=C\C1C(C(=O)OCc2cccc(Oc3ccccc3)c2)C1(C)C)C(=O)O. The summed E-state index contributed by atoms with van der Waals surface area (Å²) in [5, 5.41) is 9.04. The minimum absolute atomic E-state index is 0.121. The van der Waals surface area contributed by atoms with Gasteiger partial charge in [-0.15, -0.1) is 0 Å². The number of allylic oxidation sites excluding steroid dienone is 1. The van der Waals surface area contributed by atoms with E-state index < -0.39 is 5.97 Å². The normalized spacial score (nSPS) is 20.3. The number of carboxylic acid groups (broad SMARTS) is 1. The zero-order valence-electron chi connectivity index (χ0n) is 16.2. The molecule has 5 heteroatoms. The summed E-state index contributed by atoms with van der Waals surface area (Å²) < 4.78 is 11.3. The molecule has 1 saturated carbocycles. The number of para-hydroxylation sites is 1. The number of carbonyl (C=O) groups is 2. The molecule has 0 heterocycles. The van der Waals surface area contributed by atoms with Gasteiger partial charge in [0.1, 0.15) is 18.1 Å². The van der Waals surface area contributed by atoms with E-state index in [1.165, 1.54) is 6.92 Å². The third-order valence-corrected chi connectivity index (χ3v) is 5.19. The first-order valence-electron chi connectivity index (χ1n) is 9.19. The number of hydrogen-bond donors (Lipinski definition) is 1. The molecule has 0 saturated heterocycles. The molecule has 2 aromatic carbocycles. The Hall–Kier alpha value is -3.08. The minimum atomic E-state index is -0.968. The predicted octanol–water partition coefficient (Wildman–Crippen LogP) is 4.83. The number of carboxylic acids is 1. The Kier molecular flexibility index (Phi) is 5.54. The topological polar surface area (TPSA) is 72.8 Å². The van der Waals surface area contributed by atoms with Crippen LogP contribution in [0.2, 0.25) is 0 Å². The molecule has 5 nitrogen and oxygen atoms in total. The molecule has 1 fully saturated rings. The first kappa shape index (κ1) is 19.7. The molecule has 146 valence electrons. The fraction of sp³-hybridized carbons (Fsp3) is 0.304. The first-order chi connectivity index (χ1) is 13.3. The Morgan fingerprint density at radius 1 is 1.07 bits per heavy atom. The van der Waals surface area contributed by atoms with Gasteiger partial charge in [-0.1, -0.05) is 50.3 Å². The summed E-state index contributed by atoms with van der Waals surface area (Å²) >= 11 is 0. The second-order valence-corrected chi connectivity index (χ2v) is 7.65. The van der Waals surface area contributed by atoms with E-state index in [4.69, 9.17) is 14.6 Å². The Labute approximate surface area is 164 Å². The van der Waals surface area contributed by atoms with Crippen molar-refractivity contribution in [2.24, 2.45) is 17.3 Å². The van der Waals surface area contributed by atoms with Crippen molar-refractivity contribution in [3.05, 3.63) is 71.8 Å². The van der Waals surface area contributed by atoms with E-state index in [1.807, 2.05) is 68.4 Å². The molecule has 1 N–H and O–H groups in total. The van der Waals surface area contributed by atoms with Crippen molar-refractivity contribution in [1.82, 2.24) is 0 Å². The lowest BCUT2D eigenvalue weighted by molar-refractivity contribution is -0.147. The van der Waals surface area contributed by atoms with Crippen LogP contribution in [0.15, 0.2) is 66.2 Å². The molecule has 2 unspecified atom stereocenters. The molecular weight excluding hydrogens is 356 g/mol. The van der Waals surface area contributed by atoms with Gasteiger partial charge in [-0.05, 0) is 48.1 Å². The van der Waals surface area contributed by atoms with Crippen molar-refractivity contribution in [1.29, 1.82) is 0 Å². The maximum absolute atomic E-state index is 12.5. The molecule has 0 amide bonds. The summed E-state index contributed by atoms with van der Waals surface area (Å²) in [6.45, 7) is 5.58. The second-order valence-electron chi connectivity index (χ2n) is 7.65. The van der Waals surface area contributed by atoms with Crippen LogP contribution in [0, 0.1) is 17.3 Å². The van der Waals surface area contributed by atoms with Gasteiger partial charge < -0.3 is 14.6 Å². The van der Waals surface area contributed by atoms with Gasteiger partial charge in [-0.2, -0.15) is 0 Å². The summed E-state index contributed by atoms with van der Waals surface area (Å²) in [6.07, 6.45) is 1.66. The fourth-order valence-electron chi connectivity index (χ4n) is 3.35. The van der Waals surface area contributed by atoms with Gasteiger partial charge in [0.15, 0.2) is 0 Å². The molecule has 0 radical (unpaired) electrons. The van der Waals surface area contributed by atoms with E-state index in [1.54, 1.807) is 6.08 Å². The standard InChI is InChI=1S/C23H24O5/c1-15(21(24)25)12-19-20(23(19,2)3)22(26)27-14-16-8-7-11-18(13-16)28-17-9-5-4-6-10-17/h4-13,19-20H,14H2,1-3H3,(H,24,25)/b15-12+. The Balaban J connectivity index is 1.60. The molecule has 0 spiro atoms. The number of hydrogen-bond acceptors (Lipinski definition) is 4. The number of benzene rings is 2. The highest BCUT2D eigenvalue weighted by Gasteiger charge is 2.61. The van der Waals surface area contributed by atoms with Crippen molar-refractivity contribution in [2.75, 3.05) is 0 Å².